The van der Waals surface area contributed by atoms with Gasteiger partial charge < -0.3 is 15.2 Å². The van der Waals surface area contributed by atoms with Gasteiger partial charge in [0.1, 0.15) is 5.75 Å². The van der Waals surface area contributed by atoms with E-state index < -0.39 is 0 Å². The molecule has 82 valence electrons. The van der Waals surface area contributed by atoms with Gasteiger partial charge in [0.2, 0.25) is 0 Å². The van der Waals surface area contributed by atoms with E-state index in [4.69, 9.17) is 15.2 Å². The molecule has 0 aliphatic rings. The summed E-state index contributed by atoms with van der Waals surface area (Å²) >= 11 is 0. The average Bonchev–Trinajstić information content (AvgIpc) is 2.31. The van der Waals surface area contributed by atoms with Crippen LogP contribution >= 0.6 is 0 Å². The summed E-state index contributed by atoms with van der Waals surface area (Å²) in [5.74, 6) is 1.93. The lowest BCUT2D eigenvalue weighted by Gasteiger charge is -2.10. The molecule has 0 aliphatic heterocycles. The summed E-state index contributed by atoms with van der Waals surface area (Å²) in [6.07, 6.45) is 3.32. The first-order valence-electron chi connectivity index (χ1n) is 4.81. The van der Waals surface area contributed by atoms with E-state index in [0.29, 0.717) is 22.9 Å². The van der Waals surface area contributed by atoms with Gasteiger partial charge >= 0.3 is 0 Å². The first-order valence-corrected chi connectivity index (χ1v) is 4.81. The second-order valence-electron chi connectivity index (χ2n) is 3.20. The molecule has 1 aromatic carbocycles. The van der Waals surface area contributed by atoms with Crippen LogP contribution in [-0.2, 0) is 0 Å². The maximum Gasteiger partial charge on any atom is 0.171 e. The fraction of sp³-hybridized carbons (Fsp3) is 0.0833. The average molecular weight is 216 g/mol. The lowest BCUT2D eigenvalue weighted by Crippen LogP contribution is -1.92. The van der Waals surface area contributed by atoms with Crippen molar-refractivity contribution in [3.05, 3.63) is 42.7 Å². The minimum Gasteiger partial charge on any atom is -0.493 e. The van der Waals surface area contributed by atoms with Crippen molar-refractivity contribution in [1.82, 2.24) is 4.98 Å². The van der Waals surface area contributed by atoms with Gasteiger partial charge in [0.05, 0.1) is 7.11 Å². The quantitative estimate of drug-likeness (QED) is 0.801. The molecule has 0 spiro atoms. The molecule has 1 heterocycles. The number of nitrogen functional groups attached to an aromatic ring is 1. The maximum atomic E-state index is 5.69. The van der Waals surface area contributed by atoms with E-state index in [1.54, 1.807) is 49.8 Å². The summed E-state index contributed by atoms with van der Waals surface area (Å²) in [6.45, 7) is 0. The number of hydrogen-bond acceptors (Lipinski definition) is 4. The Balaban J connectivity index is 2.30. The molecule has 0 radical (unpaired) electrons. The summed E-state index contributed by atoms with van der Waals surface area (Å²) in [4.78, 5) is 3.91. The minimum absolute atomic E-state index is 0.591. The zero-order valence-electron chi connectivity index (χ0n) is 8.88. The van der Waals surface area contributed by atoms with Crippen molar-refractivity contribution in [3.8, 4) is 17.2 Å². The van der Waals surface area contributed by atoms with Crippen LogP contribution < -0.4 is 15.2 Å². The van der Waals surface area contributed by atoms with Crippen LogP contribution in [0.5, 0.6) is 17.2 Å². The Morgan fingerprint density at radius 1 is 1.06 bits per heavy atom. The highest BCUT2D eigenvalue weighted by atomic mass is 16.5. The summed E-state index contributed by atoms with van der Waals surface area (Å²) in [6, 6.07) is 8.79. The van der Waals surface area contributed by atoms with Gasteiger partial charge in [0.15, 0.2) is 11.5 Å². The van der Waals surface area contributed by atoms with Gasteiger partial charge in [-0.05, 0) is 24.3 Å². The zero-order chi connectivity index (χ0) is 11.4. The van der Waals surface area contributed by atoms with E-state index in [-0.39, 0.29) is 0 Å². The molecule has 2 rings (SSSR count). The highest BCUT2D eigenvalue weighted by Crippen LogP contribution is 2.32. The lowest BCUT2D eigenvalue weighted by molar-refractivity contribution is 0.379. The highest BCUT2D eigenvalue weighted by molar-refractivity contribution is 5.53. The van der Waals surface area contributed by atoms with Gasteiger partial charge in [-0.25, -0.2) is 0 Å². The molecule has 0 aliphatic carbocycles. The van der Waals surface area contributed by atoms with Crippen LogP contribution in [0.15, 0.2) is 42.7 Å². The number of benzene rings is 1. The topological polar surface area (TPSA) is 57.4 Å². The number of aromatic nitrogens is 1. The molecule has 4 nitrogen and oxygen atoms in total. The first kappa shape index (κ1) is 10.3. The van der Waals surface area contributed by atoms with Crippen molar-refractivity contribution in [3.63, 3.8) is 0 Å². The molecule has 0 unspecified atom stereocenters. The first-order chi connectivity index (χ1) is 7.79. The molecule has 2 N–H and O–H groups in total. The molecule has 0 saturated heterocycles. The molecule has 0 fully saturated rings. The molecule has 4 heteroatoms. The number of rotatable bonds is 3. The number of nitrogens with two attached hydrogens (primary N) is 1. The largest absolute Gasteiger partial charge is 0.493 e. The monoisotopic (exact) mass is 216 g/mol. The van der Waals surface area contributed by atoms with Crippen molar-refractivity contribution >= 4 is 5.69 Å². The molecule has 16 heavy (non-hydrogen) atoms. The Hall–Kier alpha value is -2.23. The van der Waals surface area contributed by atoms with Crippen LogP contribution in [0.2, 0.25) is 0 Å². The molecular formula is C12H12N2O2. The standard InChI is InChI=1S/C12H12N2O2/c1-15-11-3-2-9(13)8-12(11)16-10-4-6-14-7-5-10/h2-8H,13H2,1H3. The van der Waals surface area contributed by atoms with Gasteiger partial charge in [-0.3, -0.25) is 4.98 Å². The predicted octanol–water partition coefficient (Wildman–Crippen LogP) is 2.46. The minimum atomic E-state index is 0.591. The molecule has 0 atom stereocenters. The smallest absolute Gasteiger partial charge is 0.171 e. The Labute approximate surface area is 93.6 Å². The summed E-state index contributed by atoms with van der Waals surface area (Å²) in [7, 11) is 1.59. The van der Waals surface area contributed by atoms with E-state index in [1.807, 2.05) is 0 Å². The highest BCUT2D eigenvalue weighted by Gasteiger charge is 2.05. The molecular weight excluding hydrogens is 204 g/mol. The van der Waals surface area contributed by atoms with Crippen LogP contribution in [0.1, 0.15) is 0 Å². The second kappa shape index (κ2) is 4.53. The van der Waals surface area contributed by atoms with Crippen LogP contribution in [-0.4, -0.2) is 12.1 Å². The Morgan fingerprint density at radius 2 is 1.81 bits per heavy atom. The van der Waals surface area contributed by atoms with E-state index in [1.165, 1.54) is 0 Å². The van der Waals surface area contributed by atoms with Crippen molar-refractivity contribution in [1.29, 1.82) is 0 Å². The van der Waals surface area contributed by atoms with Crippen molar-refractivity contribution < 1.29 is 9.47 Å². The fourth-order valence-electron chi connectivity index (χ4n) is 1.31. The molecule has 0 bridgehead atoms. The Bertz CT molecular complexity index is 472. The Morgan fingerprint density at radius 3 is 2.50 bits per heavy atom. The zero-order valence-corrected chi connectivity index (χ0v) is 8.88. The molecule has 0 amide bonds. The van der Waals surface area contributed by atoms with E-state index in [9.17, 15) is 0 Å². The van der Waals surface area contributed by atoms with Crippen LogP contribution in [0.4, 0.5) is 5.69 Å². The van der Waals surface area contributed by atoms with E-state index in [0.717, 1.165) is 0 Å². The van der Waals surface area contributed by atoms with Crippen molar-refractivity contribution in [2.24, 2.45) is 0 Å². The number of nitrogens with zero attached hydrogens (tertiary/aromatic N) is 1. The lowest BCUT2D eigenvalue weighted by atomic mass is 10.3. The SMILES string of the molecule is COc1ccc(N)cc1Oc1ccncc1. The van der Waals surface area contributed by atoms with Gasteiger partial charge in [-0.2, -0.15) is 0 Å². The van der Waals surface area contributed by atoms with Crippen LogP contribution in [0, 0.1) is 0 Å². The summed E-state index contributed by atoms with van der Waals surface area (Å²) in [5.41, 5.74) is 6.32. The molecule has 0 saturated carbocycles. The third-order valence-corrected chi connectivity index (χ3v) is 2.07. The molecule has 1 aromatic heterocycles. The summed E-state index contributed by atoms with van der Waals surface area (Å²) in [5, 5.41) is 0. The van der Waals surface area contributed by atoms with Crippen molar-refractivity contribution in [2.45, 2.75) is 0 Å². The van der Waals surface area contributed by atoms with Gasteiger partial charge in [-0.1, -0.05) is 0 Å². The third kappa shape index (κ3) is 2.23. The third-order valence-electron chi connectivity index (χ3n) is 2.07. The number of methoxy groups -OCH3 is 1. The predicted molar refractivity (Wildman–Crippen MR) is 61.7 cm³/mol. The van der Waals surface area contributed by atoms with Gasteiger partial charge in [0, 0.05) is 24.1 Å². The normalized spacial score (nSPS) is 9.81. The Kier molecular flexibility index (Phi) is 2.91. The van der Waals surface area contributed by atoms with Crippen molar-refractivity contribution in [2.75, 3.05) is 12.8 Å². The fourth-order valence-corrected chi connectivity index (χ4v) is 1.31. The number of anilines is 1. The van der Waals surface area contributed by atoms with E-state index in [2.05, 4.69) is 4.98 Å². The maximum absolute atomic E-state index is 5.69. The number of hydrogen-bond donors (Lipinski definition) is 1. The van der Waals surface area contributed by atoms with Gasteiger partial charge in [0.25, 0.3) is 0 Å². The number of pyridine rings is 1. The second-order valence-corrected chi connectivity index (χ2v) is 3.20. The van der Waals surface area contributed by atoms with Crippen LogP contribution in [0.3, 0.4) is 0 Å². The summed E-state index contributed by atoms with van der Waals surface area (Å²) < 4.78 is 10.8. The molecule has 2 aromatic rings. The van der Waals surface area contributed by atoms with Crippen LogP contribution in [0.25, 0.3) is 0 Å². The number of ether oxygens (including phenoxy) is 2. The van der Waals surface area contributed by atoms with E-state index >= 15 is 0 Å². The van der Waals surface area contributed by atoms with Gasteiger partial charge in [-0.15, -0.1) is 0 Å².